The number of piperidine rings is 1. The molecule has 1 aromatic carbocycles. The molecular formula is C19H29N3O2. The van der Waals surface area contributed by atoms with Gasteiger partial charge in [-0.2, -0.15) is 0 Å². The van der Waals surface area contributed by atoms with E-state index in [1.807, 2.05) is 17.0 Å². The Morgan fingerprint density at radius 3 is 2.62 bits per heavy atom. The molecule has 2 heterocycles. The molecule has 1 aromatic rings. The average molecular weight is 331 g/mol. The van der Waals surface area contributed by atoms with Gasteiger partial charge in [0.05, 0.1) is 0 Å². The van der Waals surface area contributed by atoms with E-state index in [1.165, 1.54) is 18.4 Å². The number of amides is 2. The van der Waals surface area contributed by atoms with Gasteiger partial charge in [-0.05, 0) is 69.3 Å². The van der Waals surface area contributed by atoms with E-state index in [9.17, 15) is 9.90 Å². The molecule has 0 aliphatic carbocycles. The SMILES string of the molecule is C[C@H](CNC(=O)N1CCC(c2cccc(O)c2)CC1)N1CCCC1. The molecule has 2 N–H and O–H groups in total. The highest BCUT2D eigenvalue weighted by molar-refractivity contribution is 5.74. The summed E-state index contributed by atoms with van der Waals surface area (Å²) in [6.07, 6.45) is 4.47. The summed E-state index contributed by atoms with van der Waals surface area (Å²) in [4.78, 5) is 16.8. The van der Waals surface area contributed by atoms with Crippen LogP contribution in [-0.2, 0) is 0 Å². The molecule has 2 fully saturated rings. The lowest BCUT2D eigenvalue weighted by Gasteiger charge is -2.33. The second kappa shape index (κ2) is 7.88. The van der Waals surface area contributed by atoms with Gasteiger partial charge in [0.25, 0.3) is 0 Å². The van der Waals surface area contributed by atoms with Crippen LogP contribution in [0, 0.1) is 0 Å². The van der Waals surface area contributed by atoms with Crippen molar-refractivity contribution < 1.29 is 9.90 Å². The molecule has 24 heavy (non-hydrogen) atoms. The Kier molecular flexibility index (Phi) is 5.61. The van der Waals surface area contributed by atoms with Crippen LogP contribution in [0.15, 0.2) is 24.3 Å². The Balaban J connectivity index is 1.43. The van der Waals surface area contributed by atoms with Gasteiger partial charge in [-0.1, -0.05) is 12.1 Å². The third-order valence-corrected chi connectivity index (χ3v) is 5.44. The van der Waals surface area contributed by atoms with Crippen molar-refractivity contribution in [3.8, 4) is 5.75 Å². The van der Waals surface area contributed by atoms with Crippen molar-refractivity contribution in [2.45, 2.75) is 44.6 Å². The van der Waals surface area contributed by atoms with Gasteiger partial charge in [-0.3, -0.25) is 4.90 Å². The fraction of sp³-hybridized carbons (Fsp3) is 0.632. The predicted octanol–water partition coefficient (Wildman–Crippen LogP) is 2.77. The Morgan fingerprint density at radius 1 is 1.25 bits per heavy atom. The monoisotopic (exact) mass is 331 g/mol. The predicted molar refractivity (Wildman–Crippen MR) is 95.3 cm³/mol. The summed E-state index contributed by atoms with van der Waals surface area (Å²) in [5.74, 6) is 0.758. The smallest absolute Gasteiger partial charge is 0.317 e. The number of carbonyl (C=O) groups is 1. The number of nitrogens with one attached hydrogen (secondary N) is 1. The summed E-state index contributed by atoms with van der Waals surface area (Å²) in [6.45, 7) is 6.80. The molecule has 3 rings (SSSR count). The van der Waals surface area contributed by atoms with Gasteiger partial charge < -0.3 is 15.3 Å². The van der Waals surface area contributed by atoms with Crippen molar-refractivity contribution in [1.82, 2.24) is 15.1 Å². The van der Waals surface area contributed by atoms with Crippen LogP contribution in [0.25, 0.3) is 0 Å². The largest absolute Gasteiger partial charge is 0.508 e. The summed E-state index contributed by atoms with van der Waals surface area (Å²) < 4.78 is 0. The maximum Gasteiger partial charge on any atom is 0.317 e. The Bertz CT molecular complexity index is 549. The molecule has 2 aliphatic rings. The number of urea groups is 1. The van der Waals surface area contributed by atoms with Crippen LogP contribution in [0.5, 0.6) is 5.75 Å². The van der Waals surface area contributed by atoms with Gasteiger partial charge in [0.2, 0.25) is 0 Å². The van der Waals surface area contributed by atoms with E-state index >= 15 is 0 Å². The van der Waals surface area contributed by atoms with Gasteiger partial charge in [0.15, 0.2) is 0 Å². The standard InChI is InChI=1S/C19H29N3O2/c1-15(21-9-2-3-10-21)14-20-19(24)22-11-7-16(8-12-22)17-5-4-6-18(23)13-17/h4-6,13,15-16,23H,2-3,7-12,14H2,1H3,(H,20,24)/t15-/m1/s1. The molecule has 0 radical (unpaired) electrons. The second-order valence-corrected chi connectivity index (χ2v) is 7.13. The van der Waals surface area contributed by atoms with Crippen molar-refractivity contribution in [1.29, 1.82) is 0 Å². The Hall–Kier alpha value is -1.75. The number of phenols is 1. The minimum absolute atomic E-state index is 0.0652. The quantitative estimate of drug-likeness (QED) is 0.892. The number of phenolic OH excluding ortho intramolecular Hbond substituents is 1. The van der Waals surface area contributed by atoms with Crippen LogP contribution in [0.1, 0.15) is 44.1 Å². The lowest BCUT2D eigenvalue weighted by atomic mass is 9.89. The topological polar surface area (TPSA) is 55.8 Å². The number of rotatable bonds is 4. The number of likely N-dealkylation sites (tertiary alicyclic amines) is 2. The summed E-state index contributed by atoms with van der Waals surface area (Å²) in [5, 5.41) is 12.7. The first kappa shape index (κ1) is 17.1. The number of carbonyl (C=O) groups excluding carboxylic acids is 1. The molecule has 5 nitrogen and oxygen atoms in total. The van der Waals surface area contributed by atoms with Gasteiger partial charge in [-0.15, -0.1) is 0 Å². The van der Waals surface area contributed by atoms with Gasteiger partial charge >= 0.3 is 6.03 Å². The third kappa shape index (κ3) is 4.20. The lowest BCUT2D eigenvalue weighted by Crippen LogP contribution is -2.48. The zero-order chi connectivity index (χ0) is 16.9. The molecule has 2 amide bonds. The van der Waals surface area contributed by atoms with Crippen molar-refractivity contribution in [2.75, 3.05) is 32.7 Å². The van der Waals surface area contributed by atoms with Crippen LogP contribution in [-0.4, -0.2) is 59.7 Å². The minimum atomic E-state index is 0.0652. The van der Waals surface area contributed by atoms with Gasteiger partial charge in [0.1, 0.15) is 5.75 Å². The maximum atomic E-state index is 12.4. The average Bonchev–Trinajstić information content (AvgIpc) is 3.14. The van der Waals surface area contributed by atoms with E-state index in [1.54, 1.807) is 6.07 Å². The first-order chi connectivity index (χ1) is 11.6. The highest BCUT2D eigenvalue weighted by atomic mass is 16.3. The number of hydrogen-bond acceptors (Lipinski definition) is 3. The fourth-order valence-electron chi connectivity index (χ4n) is 3.85. The Morgan fingerprint density at radius 2 is 1.96 bits per heavy atom. The highest BCUT2D eigenvalue weighted by Crippen LogP contribution is 2.29. The second-order valence-electron chi connectivity index (χ2n) is 7.13. The summed E-state index contributed by atoms with van der Waals surface area (Å²) in [6, 6.07) is 7.99. The molecule has 132 valence electrons. The molecular weight excluding hydrogens is 302 g/mol. The molecule has 1 atom stereocenters. The van der Waals surface area contributed by atoms with Crippen molar-refractivity contribution in [2.24, 2.45) is 0 Å². The first-order valence-corrected chi connectivity index (χ1v) is 9.19. The molecule has 0 unspecified atom stereocenters. The number of nitrogens with zero attached hydrogens (tertiary/aromatic N) is 2. The van der Waals surface area contributed by atoms with Gasteiger partial charge in [0, 0.05) is 25.7 Å². The normalized spacial score (nSPS) is 21.0. The first-order valence-electron chi connectivity index (χ1n) is 9.19. The Labute approximate surface area is 144 Å². The van der Waals surface area contributed by atoms with Crippen molar-refractivity contribution in [3.63, 3.8) is 0 Å². The number of benzene rings is 1. The van der Waals surface area contributed by atoms with E-state index in [-0.39, 0.29) is 6.03 Å². The van der Waals surface area contributed by atoms with Crippen LogP contribution < -0.4 is 5.32 Å². The molecule has 5 heteroatoms. The zero-order valence-electron chi connectivity index (χ0n) is 14.6. The number of hydrogen-bond donors (Lipinski definition) is 2. The highest BCUT2D eigenvalue weighted by Gasteiger charge is 2.25. The van der Waals surface area contributed by atoms with Gasteiger partial charge in [-0.25, -0.2) is 4.79 Å². The third-order valence-electron chi connectivity index (χ3n) is 5.44. The van der Waals surface area contributed by atoms with Crippen LogP contribution in [0.4, 0.5) is 4.79 Å². The fourth-order valence-corrected chi connectivity index (χ4v) is 3.85. The van der Waals surface area contributed by atoms with Crippen molar-refractivity contribution in [3.05, 3.63) is 29.8 Å². The molecule has 2 aliphatic heterocycles. The molecule has 0 saturated carbocycles. The molecule has 0 aromatic heterocycles. The molecule has 2 saturated heterocycles. The zero-order valence-corrected chi connectivity index (χ0v) is 14.6. The van der Waals surface area contributed by atoms with Crippen molar-refractivity contribution >= 4 is 6.03 Å². The van der Waals surface area contributed by atoms with Crippen LogP contribution >= 0.6 is 0 Å². The van der Waals surface area contributed by atoms with E-state index in [0.717, 1.165) is 45.6 Å². The maximum absolute atomic E-state index is 12.4. The van der Waals surface area contributed by atoms with E-state index in [0.29, 0.717) is 17.7 Å². The van der Waals surface area contributed by atoms with E-state index in [4.69, 9.17) is 0 Å². The summed E-state index contributed by atoms with van der Waals surface area (Å²) in [5.41, 5.74) is 1.18. The summed E-state index contributed by atoms with van der Waals surface area (Å²) in [7, 11) is 0. The number of aromatic hydroxyl groups is 1. The molecule has 0 bridgehead atoms. The molecule has 0 spiro atoms. The van der Waals surface area contributed by atoms with E-state index < -0.39 is 0 Å². The summed E-state index contributed by atoms with van der Waals surface area (Å²) >= 11 is 0. The van der Waals surface area contributed by atoms with E-state index in [2.05, 4.69) is 23.2 Å². The van der Waals surface area contributed by atoms with Crippen LogP contribution in [0.3, 0.4) is 0 Å². The lowest BCUT2D eigenvalue weighted by molar-refractivity contribution is 0.175. The van der Waals surface area contributed by atoms with Crippen LogP contribution in [0.2, 0.25) is 0 Å². The minimum Gasteiger partial charge on any atom is -0.508 e.